The quantitative estimate of drug-likeness (QED) is 0.729. The lowest BCUT2D eigenvalue weighted by molar-refractivity contribution is 0.953. The summed E-state index contributed by atoms with van der Waals surface area (Å²) >= 11 is 0. The zero-order valence-corrected chi connectivity index (χ0v) is 10.8. The molecule has 0 spiro atoms. The zero-order chi connectivity index (χ0) is 12.4. The van der Waals surface area contributed by atoms with E-state index in [0.717, 1.165) is 6.42 Å². The minimum atomic E-state index is 1.07. The number of rotatable bonds is 3. The number of fused-ring (bicyclic) bond motifs is 1. The van der Waals surface area contributed by atoms with Crippen molar-refractivity contribution in [2.45, 2.75) is 20.3 Å². The van der Waals surface area contributed by atoms with E-state index in [1.807, 2.05) is 6.08 Å². The maximum atomic E-state index is 3.92. The van der Waals surface area contributed by atoms with Gasteiger partial charge in [-0.1, -0.05) is 31.7 Å². The van der Waals surface area contributed by atoms with Crippen molar-refractivity contribution in [3.05, 3.63) is 47.7 Å². The van der Waals surface area contributed by atoms with E-state index in [9.17, 15) is 0 Å². The van der Waals surface area contributed by atoms with Gasteiger partial charge in [-0.25, -0.2) is 0 Å². The van der Waals surface area contributed by atoms with Gasteiger partial charge in [0.1, 0.15) is 0 Å². The van der Waals surface area contributed by atoms with Crippen molar-refractivity contribution in [1.29, 1.82) is 0 Å². The molecule has 0 amide bonds. The molecule has 1 aromatic carbocycles. The number of hydrogen-bond donors (Lipinski definition) is 0. The Bertz CT molecular complexity index is 585. The van der Waals surface area contributed by atoms with Crippen LogP contribution in [-0.2, 0) is 13.5 Å². The first-order valence-electron chi connectivity index (χ1n) is 6.09. The van der Waals surface area contributed by atoms with E-state index >= 15 is 0 Å². The van der Waals surface area contributed by atoms with Gasteiger partial charge in [-0.2, -0.15) is 0 Å². The van der Waals surface area contributed by atoms with Crippen LogP contribution < -0.4 is 0 Å². The van der Waals surface area contributed by atoms with Gasteiger partial charge in [-0.05, 0) is 37.1 Å². The topological polar surface area (TPSA) is 4.93 Å². The van der Waals surface area contributed by atoms with Crippen LogP contribution in [0.1, 0.15) is 30.7 Å². The van der Waals surface area contributed by atoms with Gasteiger partial charge in [0.25, 0.3) is 0 Å². The summed E-state index contributed by atoms with van der Waals surface area (Å²) in [5.74, 6) is 0. The van der Waals surface area contributed by atoms with Crippen LogP contribution in [0.25, 0.3) is 23.1 Å². The fraction of sp³-hybridized carbons (Fsp3) is 0.250. The average molecular weight is 225 g/mol. The Balaban J connectivity index is 2.85. The van der Waals surface area contributed by atoms with E-state index in [-0.39, 0.29) is 0 Å². The van der Waals surface area contributed by atoms with Crippen LogP contribution in [0, 0.1) is 0 Å². The van der Waals surface area contributed by atoms with Gasteiger partial charge in [0.15, 0.2) is 0 Å². The van der Waals surface area contributed by atoms with Crippen LogP contribution in [0.3, 0.4) is 0 Å². The third-order valence-corrected chi connectivity index (χ3v) is 3.28. The minimum Gasteiger partial charge on any atom is -0.344 e. The number of nitrogens with zero attached hydrogens (tertiary/aromatic N) is 1. The van der Waals surface area contributed by atoms with Crippen molar-refractivity contribution in [2.75, 3.05) is 0 Å². The van der Waals surface area contributed by atoms with E-state index < -0.39 is 0 Å². The van der Waals surface area contributed by atoms with Crippen LogP contribution in [0.5, 0.6) is 0 Å². The Labute approximate surface area is 103 Å². The average Bonchev–Trinajstić information content (AvgIpc) is 2.62. The molecule has 0 fully saturated rings. The van der Waals surface area contributed by atoms with E-state index in [2.05, 4.69) is 62.4 Å². The third kappa shape index (κ3) is 1.82. The number of benzene rings is 1. The Hall–Kier alpha value is -1.76. The standard InChI is InChI=1S/C16H19N/c1-5-8-13-14-11-12(6-2)9-10-16(14)17(4)15(13)7-3/h5,7-11H,3,6H2,1-2,4H3/b8-5-. The van der Waals surface area contributed by atoms with Crippen LogP contribution in [0.2, 0.25) is 0 Å². The van der Waals surface area contributed by atoms with E-state index in [1.165, 1.54) is 27.7 Å². The van der Waals surface area contributed by atoms with Crippen molar-refractivity contribution >= 4 is 23.1 Å². The Morgan fingerprint density at radius 3 is 2.71 bits per heavy atom. The Kier molecular flexibility index (Phi) is 3.19. The van der Waals surface area contributed by atoms with Gasteiger partial charge in [0, 0.05) is 29.2 Å². The first kappa shape index (κ1) is 11.7. The first-order chi connectivity index (χ1) is 8.22. The van der Waals surface area contributed by atoms with E-state index in [4.69, 9.17) is 0 Å². The normalized spacial score (nSPS) is 11.5. The SMILES string of the molecule is C=Cc1c(/C=C\C)c2cc(CC)ccc2n1C. The summed E-state index contributed by atoms with van der Waals surface area (Å²) in [5, 5.41) is 1.32. The molecule has 1 heterocycles. The van der Waals surface area contributed by atoms with Crippen molar-refractivity contribution in [3.63, 3.8) is 0 Å². The van der Waals surface area contributed by atoms with Crippen LogP contribution >= 0.6 is 0 Å². The molecule has 1 heteroatoms. The third-order valence-electron chi connectivity index (χ3n) is 3.28. The number of hydrogen-bond acceptors (Lipinski definition) is 0. The molecule has 88 valence electrons. The summed E-state index contributed by atoms with van der Waals surface area (Å²) in [7, 11) is 2.10. The highest BCUT2D eigenvalue weighted by atomic mass is 14.9. The van der Waals surface area contributed by atoms with Gasteiger partial charge < -0.3 is 4.57 Å². The highest BCUT2D eigenvalue weighted by Gasteiger charge is 2.10. The second kappa shape index (κ2) is 4.62. The second-order valence-electron chi connectivity index (χ2n) is 4.27. The van der Waals surface area contributed by atoms with E-state index in [1.54, 1.807) is 0 Å². The lowest BCUT2D eigenvalue weighted by atomic mass is 10.1. The fourth-order valence-corrected chi connectivity index (χ4v) is 2.35. The molecule has 0 saturated heterocycles. The molecule has 0 N–H and O–H groups in total. The molecular weight excluding hydrogens is 206 g/mol. The molecule has 0 aliphatic carbocycles. The number of aromatic nitrogens is 1. The van der Waals surface area contributed by atoms with Gasteiger partial charge in [-0.15, -0.1) is 0 Å². The Morgan fingerprint density at radius 1 is 1.35 bits per heavy atom. The lowest BCUT2D eigenvalue weighted by Gasteiger charge is -2.00. The predicted molar refractivity (Wildman–Crippen MR) is 77.1 cm³/mol. The molecule has 0 bridgehead atoms. The number of allylic oxidation sites excluding steroid dienone is 1. The summed E-state index contributed by atoms with van der Waals surface area (Å²) in [4.78, 5) is 0. The molecule has 0 atom stereocenters. The van der Waals surface area contributed by atoms with E-state index in [0.29, 0.717) is 0 Å². The molecular formula is C16H19N. The monoisotopic (exact) mass is 225 g/mol. The highest BCUT2D eigenvalue weighted by Crippen LogP contribution is 2.28. The van der Waals surface area contributed by atoms with Crippen molar-refractivity contribution < 1.29 is 0 Å². The molecule has 17 heavy (non-hydrogen) atoms. The zero-order valence-electron chi connectivity index (χ0n) is 10.8. The maximum Gasteiger partial charge on any atom is 0.0488 e. The summed E-state index contributed by atoms with van der Waals surface area (Å²) < 4.78 is 2.21. The van der Waals surface area contributed by atoms with Gasteiger partial charge in [0.05, 0.1) is 0 Å². The first-order valence-corrected chi connectivity index (χ1v) is 6.09. The largest absolute Gasteiger partial charge is 0.344 e. The van der Waals surface area contributed by atoms with Crippen LogP contribution in [-0.4, -0.2) is 4.57 Å². The molecule has 1 aromatic heterocycles. The fourth-order valence-electron chi connectivity index (χ4n) is 2.35. The second-order valence-corrected chi connectivity index (χ2v) is 4.27. The number of aryl methyl sites for hydroxylation is 2. The van der Waals surface area contributed by atoms with Crippen molar-refractivity contribution in [3.8, 4) is 0 Å². The summed E-state index contributed by atoms with van der Waals surface area (Å²) in [6, 6.07) is 6.69. The van der Waals surface area contributed by atoms with Gasteiger partial charge in [0.2, 0.25) is 0 Å². The minimum absolute atomic E-state index is 1.07. The summed E-state index contributed by atoms with van der Waals surface area (Å²) in [5.41, 5.74) is 5.11. The van der Waals surface area contributed by atoms with Gasteiger partial charge in [-0.3, -0.25) is 0 Å². The van der Waals surface area contributed by atoms with Crippen LogP contribution in [0.15, 0.2) is 30.9 Å². The molecule has 0 unspecified atom stereocenters. The smallest absolute Gasteiger partial charge is 0.0488 e. The molecule has 2 rings (SSSR count). The molecule has 2 aromatic rings. The maximum absolute atomic E-state index is 3.92. The van der Waals surface area contributed by atoms with Crippen molar-refractivity contribution in [1.82, 2.24) is 4.57 Å². The molecule has 1 nitrogen and oxygen atoms in total. The molecule has 0 saturated carbocycles. The molecule has 0 aliphatic rings. The summed E-state index contributed by atoms with van der Waals surface area (Å²) in [6.07, 6.45) is 7.25. The molecule has 0 radical (unpaired) electrons. The van der Waals surface area contributed by atoms with Crippen LogP contribution in [0.4, 0.5) is 0 Å². The lowest BCUT2D eigenvalue weighted by Crippen LogP contribution is -1.90. The highest BCUT2D eigenvalue weighted by molar-refractivity contribution is 5.94. The Morgan fingerprint density at radius 2 is 2.12 bits per heavy atom. The van der Waals surface area contributed by atoms with Crippen molar-refractivity contribution in [2.24, 2.45) is 7.05 Å². The van der Waals surface area contributed by atoms with Gasteiger partial charge >= 0.3 is 0 Å². The molecule has 0 aliphatic heterocycles. The predicted octanol–water partition coefficient (Wildman–Crippen LogP) is 4.42. The summed E-state index contributed by atoms with van der Waals surface area (Å²) in [6.45, 7) is 8.16.